The number of nitrogens with zero attached hydrogens (tertiary/aromatic N) is 1. The third-order valence-electron chi connectivity index (χ3n) is 2.39. The van der Waals surface area contributed by atoms with Gasteiger partial charge in [0.25, 0.3) is 10.2 Å². The maximum absolute atomic E-state index is 11.6. The zero-order valence-electron chi connectivity index (χ0n) is 8.79. The Labute approximate surface area is 94.2 Å². The van der Waals surface area contributed by atoms with Crippen LogP contribution < -0.4 is 4.72 Å². The summed E-state index contributed by atoms with van der Waals surface area (Å²) in [6.07, 6.45) is 0.0287. The smallest absolute Gasteiger partial charge is 0.332 e. The predicted molar refractivity (Wildman–Crippen MR) is 56.0 cm³/mol. The molecule has 1 heterocycles. The molecule has 1 saturated heterocycles. The Bertz CT molecular complexity index is 336. The number of aliphatic hydroxyl groups excluding tert-OH is 1. The Balaban J connectivity index is 2.33. The van der Waals surface area contributed by atoms with Crippen molar-refractivity contribution in [3.8, 4) is 0 Å². The van der Waals surface area contributed by atoms with Crippen LogP contribution >= 0.6 is 0 Å². The Morgan fingerprint density at radius 1 is 1.38 bits per heavy atom. The van der Waals surface area contributed by atoms with Crippen molar-refractivity contribution in [1.82, 2.24) is 9.03 Å². The summed E-state index contributed by atoms with van der Waals surface area (Å²) in [5, 5.41) is 17.3. The predicted octanol–water partition coefficient (Wildman–Crippen LogP) is -1.25. The number of rotatable bonds is 6. The molecule has 1 atom stereocenters. The van der Waals surface area contributed by atoms with Crippen LogP contribution in [0.4, 0.5) is 0 Å². The lowest BCUT2D eigenvalue weighted by Crippen LogP contribution is -2.40. The summed E-state index contributed by atoms with van der Waals surface area (Å²) in [6.45, 7) is 0.917. The van der Waals surface area contributed by atoms with Gasteiger partial charge in [0.1, 0.15) is 0 Å². The first kappa shape index (κ1) is 13.4. The summed E-state index contributed by atoms with van der Waals surface area (Å²) < 4.78 is 26.7. The summed E-state index contributed by atoms with van der Waals surface area (Å²) in [5.74, 6) is -1.35. The van der Waals surface area contributed by atoms with Gasteiger partial charge in [-0.2, -0.15) is 12.7 Å². The maximum Gasteiger partial charge on any atom is 0.332 e. The number of carbonyl (C=O) groups is 1. The van der Waals surface area contributed by atoms with Crippen molar-refractivity contribution >= 4 is 16.2 Å². The Hall–Kier alpha value is -0.700. The Morgan fingerprint density at radius 2 is 1.94 bits per heavy atom. The van der Waals surface area contributed by atoms with Gasteiger partial charge in [0.05, 0.1) is 0 Å². The lowest BCUT2D eigenvalue weighted by atomic mass is 10.3. The molecule has 8 heteroatoms. The minimum absolute atomic E-state index is 0.0771. The molecule has 0 saturated carbocycles. The number of carboxylic acids is 1. The average molecular weight is 252 g/mol. The second-order valence-electron chi connectivity index (χ2n) is 3.65. The Morgan fingerprint density at radius 3 is 2.44 bits per heavy atom. The van der Waals surface area contributed by atoms with E-state index in [9.17, 15) is 13.2 Å². The van der Waals surface area contributed by atoms with E-state index in [1.54, 1.807) is 0 Å². The summed E-state index contributed by atoms with van der Waals surface area (Å²) >= 11 is 0. The summed E-state index contributed by atoms with van der Waals surface area (Å²) in [6, 6.07) is 0. The molecule has 1 rings (SSSR count). The second-order valence-corrected chi connectivity index (χ2v) is 5.40. The molecular formula is C8H16N2O5S. The van der Waals surface area contributed by atoms with E-state index in [-0.39, 0.29) is 13.0 Å². The highest BCUT2D eigenvalue weighted by atomic mass is 32.2. The van der Waals surface area contributed by atoms with Gasteiger partial charge in [0, 0.05) is 19.6 Å². The molecule has 1 unspecified atom stereocenters. The minimum Gasteiger partial charge on any atom is -0.479 e. The van der Waals surface area contributed by atoms with Crippen molar-refractivity contribution in [2.75, 3.05) is 19.6 Å². The molecule has 7 nitrogen and oxygen atoms in total. The number of aliphatic hydroxyl groups is 1. The van der Waals surface area contributed by atoms with Crippen molar-refractivity contribution in [2.24, 2.45) is 0 Å². The van der Waals surface area contributed by atoms with Gasteiger partial charge in [-0.25, -0.2) is 9.52 Å². The fraction of sp³-hybridized carbons (Fsp3) is 0.875. The van der Waals surface area contributed by atoms with Crippen molar-refractivity contribution in [3.63, 3.8) is 0 Å². The standard InChI is InChI=1S/C8H16N2O5S/c11-7(8(12)13)3-4-9-16(14,15)10-5-1-2-6-10/h7,9,11H,1-6H2,(H,12,13). The highest BCUT2D eigenvalue weighted by molar-refractivity contribution is 7.87. The van der Waals surface area contributed by atoms with Gasteiger partial charge in [-0.05, 0) is 19.3 Å². The third kappa shape index (κ3) is 3.71. The molecule has 3 N–H and O–H groups in total. The normalized spacial score (nSPS) is 19.8. The first-order valence-corrected chi connectivity index (χ1v) is 6.53. The molecule has 1 fully saturated rings. The summed E-state index contributed by atoms with van der Waals surface area (Å²) in [7, 11) is -3.50. The van der Waals surface area contributed by atoms with Crippen LogP contribution in [0.2, 0.25) is 0 Å². The zero-order chi connectivity index (χ0) is 12.2. The maximum atomic E-state index is 11.6. The number of nitrogens with one attached hydrogen (secondary N) is 1. The SMILES string of the molecule is O=C(O)C(O)CCNS(=O)(=O)N1CCCC1. The Kier molecular flexibility index (Phi) is 4.66. The van der Waals surface area contributed by atoms with E-state index in [2.05, 4.69) is 4.72 Å². The molecule has 0 aliphatic carbocycles. The quantitative estimate of drug-likeness (QED) is 0.547. The lowest BCUT2D eigenvalue weighted by Gasteiger charge is -2.16. The van der Waals surface area contributed by atoms with E-state index < -0.39 is 22.3 Å². The van der Waals surface area contributed by atoms with Crippen molar-refractivity contribution in [2.45, 2.75) is 25.4 Å². The molecule has 0 spiro atoms. The molecule has 0 amide bonds. The average Bonchev–Trinajstić information content (AvgIpc) is 2.70. The van der Waals surface area contributed by atoms with Gasteiger partial charge in [0.2, 0.25) is 0 Å². The van der Waals surface area contributed by atoms with Gasteiger partial charge in [-0.1, -0.05) is 0 Å². The van der Waals surface area contributed by atoms with Crippen molar-refractivity contribution < 1.29 is 23.4 Å². The van der Waals surface area contributed by atoms with Crippen LogP contribution in [0.5, 0.6) is 0 Å². The van der Waals surface area contributed by atoms with Crippen LogP contribution in [0.1, 0.15) is 19.3 Å². The number of carboxylic acid groups (broad SMARTS) is 1. The number of aliphatic carboxylic acids is 1. The van der Waals surface area contributed by atoms with Crippen LogP contribution in [0.15, 0.2) is 0 Å². The molecular weight excluding hydrogens is 236 g/mol. The molecule has 94 valence electrons. The minimum atomic E-state index is -3.50. The first-order chi connectivity index (χ1) is 7.43. The molecule has 1 aliphatic rings. The van der Waals surface area contributed by atoms with Crippen LogP contribution in [0.3, 0.4) is 0 Å². The monoisotopic (exact) mass is 252 g/mol. The van der Waals surface area contributed by atoms with Crippen LogP contribution in [0.25, 0.3) is 0 Å². The first-order valence-electron chi connectivity index (χ1n) is 5.09. The van der Waals surface area contributed by atoms with Gasteiger partial charge in [0.15, 0.2) is 6.10 Å². The summed E-state index contributed by atoms with van der Waals surface area (Å²) in [5.41, 5.74) is 0. The molecule has 0 aromatic rings. The number of hydrogen-bond acceptors (Lipinski definition) is 4. The van der Waals surface area contributed by atoms with E-state index >= 15 is 0 Å². The zero-order valence-corrected chi connectivity index (χ0v) is 9.61. The van der Waals surface area contributed by atoms with Gasteiger partial charge in [-0.3, -0.25) is 0 Å². The largest absolute Gasteiger partial charge is 0.479 e. The van der Waals surface area contributed by atoms with Crippen molar-refractivity contribution in [3.05, 3.63) is 0 Å². The molecule has 0 bridgehead atoms. The summed E-state index contributed by atoms with van der Waals surface area (Å²) in [4.78, 5) is 10.3. The van der Waals surface area contributed by atoms with Gasteiger partial charge >= 0.3 is 5.97 Å². The van der Waals surface area contributed by atoms with E-state index in [1.165, 1.54) is 4.31 Å². The van der Waals surface area contributed by atoms with Gasteiger partial charge in [-0.15, -0.1) is 0 Å². The topological polar surface area (TPSA) is 107 Å². The molecule has 0 aromatic carbocycles. The molecule has 0 aromatic heterocycles. The second kappa shape index (κ2) is 5.58. The highest BCUT2D eigenvalue weighted by Crippen LogP contribution is 2.10. The van der Waals surface area contributed by atoms with E-state index in [1.807, 2.05) is 0 Å². The van der Waals surface area contributed by atoms with Crippen LogP contribution in [-0.4, -0.2) is 54.6 Å². The molecule has 16 heavy (non-hydrogen) atoms. The third-order valence-corrected chi connectivity index (χ3v) is 4.01. The van der Waals surface area contributed by atoms with Crippen molar-refractivity contribution in [1.29, 1.82) is 0 Å². The van der Waals surface area contributed by atoms with Crippen LogP contribution in [-0.2, 0) is 15.0 Å². The van der Waals surface area contributed by atoms with E-state index in [0.29, 0.717) is 13.1 Å². The van der Waals surface area contributed by atoms with Crippen LogP contribution in [0, 0.1) is 0 Å². The lowest BCUT2D eigenvalue weighted by molar-refractivity contribution is -0.146. The van der Waals surface area contributed by atoms with E-state index in [4.69, 9.17) is 10.2 Å². The molecule has 0 radical (unpaired) electrons. The van der Waals surface area contributed by atoms with E-state index in [0.717, 1.165) is 12.8 Å². The highest BCUT2D eigenvalue weighted by Gasteiger charge is 2.25. The molecule has 1 aliphatic heterocycles. The van der Waals surface area contributed by atoms with Gasteiger partial charge < -0.3 is 10.2 Å². The number of hydrogen-bond donors (Lipinski definition) is 3. The fourth-order valence-corrected chi connectivity index (χ4v) is 2.77. The fourth-order valence-electron chi connectivity index (χ4n) is 1.47.